The molecule has 5 nitrogen and oxygen atoms in total. The van der Waals surface area contributed by atoms with Gasteiger partial charge in [0.25, 0.3) is 5.91 Å². The number of rotatable bonds is 3. The van der Waals surface area contributed by atoms with Gasteiger partial charge in [-0.2, -0.15) is 5.26 Å². The van der Waals surface area contributed by atoms with E-state index in [-0.39, 0.29) is 17.9 Å². The number of carbonyl (C=O) groups is 2. The maximum absolute atomic E-state index is 11.8. The highest BCUT2D eigenvalue weighted by atomic mass is 16.2. The Hall–Kier alpha value is -2.35. The van der Waals surface area contributed by atoms with Crippen LogP contribution in [0, 0.1) is 11.3 Å². The third-order valence-corrected chi connectivity index (χ3v) is 2.85. The minimum Gasteiger partial charge on any atom is -0.352 e. The normalized spacial score (nSPS) is 17.9. The van der Waals surface area contributed by atoms with Crippen LogP contribution in [-0.2, 0) is 4.79 Å². The fourth-order valence-electron chi connectivity index (χ4n) is 1.88. The van der Waals surface area contributed by atoms with Gasteiger partial charge in [-0.25, -0.2) is 0 Å². The van der Waals surface area contributed by atoms with E-state index >= 15 is 0 Å². The van der Waals surface area contributed by atoms with Crippen molar-refractivity contribution < 1.29 is 9.59 Å². The molecule has 1 fully saturated rings. The fraction of sp³-hybridized carbons (Fsp3) is 0.308. The summed E-state index contributed by atoms with van der Waals surface area (Å²) in [6.45, 7) is 0.418. The van der Waals surface area contributed by atoms with E-state index in [0.29, 0.717) is 24.1 Å². The minimum absolute atomic E-state index is 0.0144. The van der Waals surface area contributed by atoms with Crippen molar-refractivity contribution in [2.24, 2.45) is 0 Å². The van der Waals surface area contributed by atoms with E-state index in [0.717, 1.165) is 6.42 Å². The van der Waals surface area contributed by atoms with Crippen LogP contribution in [0.1, 0.15) is 28.8 Å². The molecule has 0 radical (unpaired) electrons. The van der Waals surface area contributed by atoms with Crippen molar-refractivity contribution in [2.45, 2.75) is 18.9 Å². The summed E-state index contributed by atoms with van der Waals surface area (Å²) in [7, 11) is 0. The lowest BCUT2D eigenvalue weighted by Crippen LogP contribution is -2.38. The first-order valence-electron chi connectivity index (χ1n) is 5.77. The molecular formula is C13H13N3O2. The summed E-state index contributed by atoms with van der Waals surface area (Å²) in [6.07, 6.45) is 1.27. The topological polar surface area (TPSA) is 82.0 Å². The standard InChI is InChI=1S/C13H13N3O2/c14-7-9-2-1-3-10(6-9)13(18)15-8-11-4-5-12(17)16-11/h1-3,6,11H,4-5,8H2,(H,15,18)(H,16,17). The first-order valence-corrected chi connectivity index (χ1v) is 5.77. The van der Waals surface area contributed by atoms with Gasteiger partial charge < -0.3 is 10.6 Å². The number of nitrogens with zero attached hydrogens (tertiary/aromatic N) is 1. The molecular weight excluding hydrogens is 230 g/mol. The van der Waals surface area contributed by atoms with E-state index in [1.54, 1.807) is 24.3 Å². The Morgan fingerprint density at radius 2 is 2.39 bits per heavy atom. The molecule has 1 aromatic carbocycles. The monoisotopic (exact) mass is 243 g/mol. The number of carbonyl (C=O) groups excluding carboxylic acids is 2. The molecule has 0 bridgehead atoms. The van der Waals surface area contributed by atoms with Gasteiger partial charge in [-0.05, 0) is 24.6 Å². The number of benzene rings is 1. The largest absolute Gasteiger partial charge is 0.352 e. The van der Waals surface area contributed by atoms with Gasteiger partial charge in [0.05, 0.1) is 11.6 Å². The summed E-state index contributed by atoms with van der Waals surface area (Å²) >= 11 is 0. The third kappa shape index (κ3) is 2.86. The van der Waals surface area contributed by atoms with E-state index in [9.17, 15) is 9.59 Å². The van der Waals surface area contributed by atoms with Crippen LogP contribution in [-0.4, -0.2) is 24.4 Å². The zero-order valence-corrected chi connectivity index (χ0v) is 9.77. The Kier molecular flexibility index (Phi) is 3.58. The molecule has 0 aliphatic carbocycles. The highest BCUT2D eigenvalue weighted by Crippen LogP contribution is 2.07. The number of nitrogens with one attached hydrogen (secondary N) is 2. The molecule has 0 spiro atoms. The molecule has 1 atom stereocenters. The van der Waals surface area contributed by atoms with Crippen molar-refractivity contribution in [1.29, 1.82) is 5.26 Å². The highest BCUT2D eigenvalue weighted by Gasteiger charge is 2.21. The van der Waals surface area contributed by atoms with Crippen molar-refractivity contribution >= 4 is 11.8 Å². The molecule has 1 aromatic rings. The van der Waals surface area contributed by atoms with E-state index in [2.05, 4.69) is 10.6 Å². The van der Waals surface area contributed by atoms with Crippen molar-refractivity contribution in [3.8, 4) is 6.07 Å². The quantitative estimate of drug-likeness (QED) is 0.814. The van der Waals surface area contributed by atoms with Crippen molar-refractivity contribution in [1.82, 2.24) is 10.6 Å². The minimum atomic E-state index is -0.228. The highest BCUT2D eigenvalue weighted by molar-refractivity contribution is 5.94. The smallest absolute Gasteiger partial charge is 0.251 e. The second-order valence-electron chi connectivity index (χ2n) is 4.21. The average Bonchev–Trinajstić information content (AvgIpc) is 2.82. The molecule has 92 valence electrons. The number of amides is 2. The van der Waals surface area contributed by atoms with Gasteiger partial charge in [-0.15, -0.1) is 0 Å². The second-order valence-corrected chi connectivity index (χ2v) is 4.21. The van der Waals surface area contributed by atoms with Crippen LogP contribution in [0.2, 0.25) is 0 Å². The SMILES string of the molecule is N#Cc1cccc(C(=O)NCC2CCC(=O)N2)c1. The van der Waals surface area contributed by atoms with Crippen molar-refractivity contribution in [3.05, 3.63) is 35.4 Å². The Labute approximate surface area is 105 Å². The van der Waals surface area contributed by atoms with E-state index in [1.165, 1.54) is 0 Å². The first kappa shape index (κ1) is 12.1. The summed E-state index contributed by atoms with van der Waals surface area (Å²) in [5.41, 5.74) is 0.912. The van der Waals surface area contributed by atoms with Crippen molar-refractivity contribution in [2.75, 3.05) is 6.54 Å². The van der Waals surface area contributed by atoms with Crippen molar-refractivity contribution in [3.63, 3.8) is 0 Å². The number of nitriles is 1. The summed E-state index contributed by atoms with van der Waals surface area (Å²) in [4.78, 5) is 22.8. The zero-order chi connectivity index (χ0) is 13.0. The maximum Gasteiger partial charge on any atom is 0.251 e. The first-order chi connectivity index (χ1) is 8.69. The molecule has 1 saturated heterocycles. The fourth-order valence-corrected chi connectivity index (χ4v) is 1.88. The van der Waals surface area contributed by atoms with Gasteiger partial charge >= 0.3 is 0 Å². The van der Waals surface area contributed by atoms with Gasteiger partial charge in [0, 0.05) is 24.6 Å². The summed E-state index contributed by atoms with van der Waals surface area (Å²) < 4.78 is 0. The van der Waals surface area contributed by atoms with Crippen LogP contribution in [0.3, 0.4) is 0 Å². The third-order valence-electron chi connectivity index (χ3n) is 2.85. The molecule has 18 heavy (non-hydrogen) atoms. The Morgan fingerprint density at radius 1 is 1.56 bits per heavy atom. The van der Waals surface area contributed by atoms with Crippen LogP contribution in [0.4, 0.5) is 0 Å². The van der Waals surface area contributed by atoms with E-state index < -0.39 is 0 Å². The maximum atomic E-state index is 11.8. The Morgan fingerprint density at radius 3 is 3.06 bits per heavy atom. The molecule has 0 aromatic heterocycles. The molecule has 1 aliphatic rings. The molecule has 2 amide bonds. The van der Waals surface area contributed by atoms with Crippen LogP contribution in [0.5, 0.6) is 0 Å². The molecule has 2 rings (SSSR count). The van der Waals surface area contributed by atoms with Crippen LogP contribution >= 0.6 is 0 Å². The van der Waals surface area contributed by atoms with E-state index in [4.69, 9.17) is 5.26 Å². The molecule has 1 aliphatic heterocycles. The number of hydrogen-bond donors (Lipinski definition) is 2. The zero-order valence-electron chi connectivity index (χ0n) is 9.77. The van der Waals surface area contributed by atoms with Gasteiger partial charge in [-0.3, -0.25) is 9.59 Å². The van der Waals surface area contributed by atoms with Gasteiger partial charge in [-0.1, -0.05) is 6.07 Å². The predicted molar refractivity (Wildman–Crippen MR) is 64.7 cm³/mol. The lowest BCUT2D eigenvalue weighted by atomic mass is 10.1. The number of hydrogen-bond acceptors (Lipinski definition) is 3. The summed E-state index contributed by atoms with van der Waals surface area (Å²) in [5, 5.41) is 14.3. The molecule has 1 heterocycles. The molecule has 2 N–H and O–H groups in total. The van der Waals surface area contributed by atoms with Gasteiger partial charge in [0.2, 0.25) is 5.91 Å². The van der Waals surface area contributed by atoms with Crippen LogP contribution in [0.25, 0.3) is 0 Å². The molecule has 1 unspecified atom stereocenters. The van der Waals surface area contributed by atoms with Gasteiger partial charge in [0.1, 0.15) is 0 Å². The van der Waals surface area contributed by atoms with Crippen LogP contribution < -0.4 is 10.6 Å². The average molecular weight is 243 g/mol. The Balaban J connectivity index is 1.91. The predicted octanol–water partition coefficient (Wildman–Crippen LogP) is 0.567. The Bertz CT molecular complexity index is 519. The summed E-state index contributed by atoms with van der Waals surface area (Å²) in [6, 6.07) is 8.52. The molecule has 0 saturated carbocycles. The summed E-state index contributed by atoms with van der Waals surface area (Å²) in [5.74, 6) is -0.200. The lowest BCUT2D eigenvalue weighted by molar-refractivity contribution is -0.119. The van der Waals surface area contributed by atoms with Gasteiger partial charge in [0.15, 0.2) is 0 Å². The molecule has 5 heteroatoms. The lowest BCUT2D eigenvalue weighted by Gasteiger charge is -2.11. The second kappa shape index (κ2) is 5.32. The van der Waals surface area contributed by atoms with Crippen LogP contribution in [0.15, 0.2) is 24.3 Å². The van der Waals surface area contributed by atoms with E-state index in [1.807, 2.05) is 6.07 Å².